The molecule has 28 heavy (non-hydrogen) atoms. The molecule has 1 aliphatic heterocycles. The third kappa shape index (κ3) is 4.25. The molecule has 144 valence electrons. The van der Waals surface area contributed by atoms with Crippen LogP contribution in [0, 0.1) is 0 Å². The van der Waals surface area contributed by atoms with E-state index >= 15 is 0 Å². The zero-order valence-electron chi connectivity index (χ0n) is 15.3. The predicted octanol–water partition coefficient (Wildman–Crippen LogP) is 5.02. The lowest BCUT2D eigenvalue weighted by atomic mass is 9.97. The van der Waals surface area contributed by atoms with E-state index in [9.17, 15) is 4.79 Å². The van der Waals surface area contributed by atoms with Gasteiger partial charge in [0, 0.05) is 29.0 Å². The Balaban J connectivity index is 1.32. The summed E-state index contributed by atoms with van der Waals surface area (Å²) in [5, 5.41) is 4.12. The summed E-state index contributed by atoms with van der Waals surface area (Å²) in [5.41, 5.74) is 1.88. The number of piperidine rings is 1. The Kier molecular flexibility index (Phi) is 5.71. The van der Waals surface area contributed by atoms with Gasteiger partial charge in [-0.05, 0) is 30.5 Å². The molecule has 0 atom stereocenters. The quantitative estimate of drug-likeness (QED) is 0.568. The van der Waals surface area contributed by atoms with Crippen molar-refractivity contribution >= 4 is 22.0 Å². The normalized spacial score (nSPS) is 14.8. The fourth-order valence-corrected chi connectivity index (χ4v) is 3.73. The highest BCUT2D eigenvalue weighted by molar-refractivity contribution is 9.10. The summed E-state index contributed by atoms with van der Waals surface area (Å²) in [5.74, 6) is 1.36. The first-order valence-corrected chi connectivity index (χ1v) is 10.0. The fraction of sp³-hybridized carbons (Fsp3) is 0.286. The summed E-state index contributed by atoms with van der Waals surface area (Å²) in [6, 6.07) is 17.5. The number of benzene rings is 2. The van der Waals surface area contributed by atoms with Crippen LogP contribution in [0.3, 0.4) is 0 Å². The molecule has 1 aliphatic rings. The van der Waals surface area contributed by atoms with Gasteiger partial charge in [0.2, 0.25) is 11.7 Å². The average molecular weight is 442 g/mol. The first-order chi connectivity index (χ1) is 13.7. The van der Waals surface area contributed by atoms with Crippen molar-refractivity contribution in [2.75, 3.05) is 13.1 Å². The molecular formula is C21H20BrN3O3. The molecule has 1 saturated heterocycles. The van der Waals surface area contributed by atoms with E-state index < -0.39 is 0 Å². The second-order valence-corrected chi connectivity index (χ2v) is 7.59. The zero-order chi connectivity index (χ0) is 19.3. The van der Waals surface area contributed by atoms with Crippen molar-refractivity contribution < 1.29 is 14.1 Å². The number of halogens is 1. The second kappa shape index (κ2) is 8.56. The van der Waals surface area contributed by atoms with Gasteiger partial charge in [0.15, 0.2) is 0 Å². The summed E-state index contributed by atoms with van der Waals surface area (Å²) >= 11 is 3.51. The van der Waals surface area contributed by atoms with Crippen LogP contribution in [0.15, 0.2) is 63.6 Å². The molecule has 0 unspecified atom stereocenters. The number of rotatable bonds is 4. The van der Waals surface area contributed by atoms with E-state index in [2.05, 4.69) is 26.1 Å². The molecule has 2 aromatic carbocycles. The van der Waals surface area contributed by atoms with Crippen molar-refractivity contribution in [2.45, 2.75) is 25.4 Å². The minimum absolute atomic E-state index is 0.155. The molecule has 7 heteroatoms. The third-order valence-electron chi connectivity index (χ3n) is 4.86. The molecule has 2 heterocycles. The van der Waals surface area contributed by atoms with Crippen molar-refractivity contribution in [3.8, 4) is 11.4 Å². The SMILES string of the molecule is O=C(OCc1ccccc1)N1CCC(c2nc(-c3ccccc3Br)no2)CC1. The number of hydrogen-bond donors (Lipinski definition) is 0. The Bertz CT molecular complexity index is 937. The Morgan fingerprint density at radius 3 is 2.57 bits per heavy atom. The van der Waals surface area contributed by atoms with Gasteiger partial charge in [-0.2, -0.15) is 4.98 Å². The molecule has 0 radical (unpaired) electrons. The molecule has 6 nitrogen and oxygen atoms in total. The minimum atomic E-state index is -0.276. The maximum atomic E-state index is 12.3. The number of hydrogen-bond acceptors (Lipinski definition) is 5. The van der Waals surface area contributed by atoms with E-state index in [1.165, 1.54) is 0 Å². The number of carbonyl (C=O) groups is 1. The Morgan fingerprint density at radius 1 is 1.11 bits per heavy atom. The smallest absolute Gasteiger partial charge is 0.410 e. The first kappa shape index (κ1) is 18.7. The highest BCUT2D eigenvalue weighted by Crippen LogP contribution is 2.31. The Hall–Kier alpha value is -2.67. The van der Waals surface area contributed by atoms with Crippen LogP contribution in [0.2, 0.25) is 0 Å². The maximum Gasteiger partial charge on any atom is 0.410 e. The minimum Gasteiger partial charge on any atom is -0.445 e. The van der Waals surface area contributed by atoms with Gasteiger partial charge in [-0.1, -0.05) is 63.6 Å². The number of ether oxygens (including phenoxy) is 1. The van der Waals surface area contributed by atoms with Crippen molar-refractivity contribution in [2.24, 2.45) is 0 Å². The average Bonchev–Trinajstić information content (AvgIpc) is 3.23. The molecule has 1 aromatic heterocycles. The number of nitrogens with zero attached hydrogens (tertiary/aromatic N) is 3. The molecule has 0 N–H and O–H groups in total. The maximum absolute atomic E-state index is 12.3. The molecular weight excluding hydrogens is 422 g/mol. The Labute approximate surface area is 171 Å². The number of amides is 1. The summed E-state index contributed by atoms with van der Waals surface area (Å²) in [6.45, 7) is 1.52. The van der Waals surface area contributed by atoms with Crippen LogP contribution in [0.4, 0.5) is 4.79 Å². The fourth-order valence-electron chi connectivity index (χ4n) is 3.27. The van der Waals surface area contributed by atoms with E-state index in [0.29, 0.717) is 31.4 Å². The lowest BCUT2D eigenvalue weighted by molar-refractivity contribution is 0.0852. The first-order valence-electron chi connectivity index (χ1n) is 9.25. The van der Waals surface area contributed by atoms with Gasteiger partial charge in [-0.15, -0.1) is 0 Å². The van der Waals surface area contributed by atoms with Gasteiger partial charge in [0.05, 0.1) is 0 Å². The standard InChI is InChI=1S/C21H20BrN3O3/c22-18-9-5-4-8-17(18)19-23-20(28-24-19)16-10-12-25(13-11-16)21(26)27-14-15-6-2-1-3-7-15/h1-9,16H,10-14H2. The lowest BCUT2D eigenvalue weighted by Crippen LogP contribution is -2.38. The van der Waals surface area contributed by atoms with Crippen LogP contribution in [-0.2, 0) is 11.3 Å². The van der Waals surface area contributed by atoms with Crippen LogP contribution in [-0.4, -0.2) is 34.2 Å². The van der Waals surface area contributed by atoms with Gasteiger partial charge in [0.1, 0.15) is 6.61 Å². The number of carbonyl (C=O) groups excluding carboxylic acids is 1. The van der Waals surface area contributed by atoms with E-state index in [-0.39, 0.29) is 12.0 Å². The van der Waals surface area contributed by atoms with Gasteiger partial charge >= 0.3 is 6.09 Å². The summed E-state index contributed by atoms with van der Waals surface area (Å²) in [6.07, 6.45) is 1.28. The molecule has 0 saturated carbocycles. The van der Waals surface area contributed by atoms with E-state index in [0.717, 1.165) is 28.4 Å². The van der Waals surface area contributed by atoms with Crippen LogP contribution in [0.25, 0.3) is 11.4 Å². The number of likely N-dealkylation sites (tertiary alicyclic amines) is 1. The van der Waals surface area contributed by atoms with Gasteiger partial charge in [-0.3, -0.25) is 0 Å². The Morgan fingerprint density at radius 2 is 1.82 bits per heavy atom. The van der Waals surface area contributed by atoms with Gasteiger partial charge in [0.25, 0.3) is 0 Å². The molecule has 0 spiro atoms. The summed E-state index contributed by atoms with van der Waals surface area (Å²) < 4.78 is 11.8. The van der Waals surface area contributed by atoms with E-state index in [4.69, 9.17) is 9.26 Å². The summed E-state index contributed by atoms with van der Waals surface area (Å²) in [4.78, 5) is 18.6. The van der Waals surface area contributed by atoms with Crippen LogP contribution >= 0.6 is 15.9 Å². The molecule has 4 rings (SSSR count). The van der Waals surface area contributed by atoms with Gasteiger partial charge in [-0.25, -0.2) is 4.79 Å². The molecule has 1 fully saturated rings. The predicted molar refractivity (Wildman–Crippen MR) is 108 cm³/mol. The second-order valence-electron chi connectivity index (χ2n) is 6.74. The molecule has 0 aliphatic carbocycles. The largest absolute Gasteiger partial charge is 0.445 e. The van der Waals surface area contributed by atoms with Crippen LogP contribution in [0.5, 0.6) is 0 Å². The summed E-state index contributed by atoms with van der Waals surface area (Å²) in [7, 11) is 0. The van der Waals surface area contributed by atoms with Crippen molar-refractivity contribution in [1.82, 2.24) is 15.0 Å². The monoisotopic (exact) mass is 441 g/mol. The highest BCUT2D eigenvalue weighted by atomic mass is 79.9. The van der Waals surface area contributed by atoms with E-state index in [1.54, 1.807) is 4.90 Å². The van der Waals surface area contributed by atoms with Crippen molar-refractivity contribution in [1.29, 1.82) is 0 Å². The van der Waals surface area contributed by atoms with Crippen molar-refractivity contribution in [3.05, 3.63) is 70.5 Å². The van der Waals surface area contributed by atoms with E-state index in [1.807, 2.05) is 54.6 Å². The molecule has 0 bridgehead atoms. The zero-order valence-corrected chi connectivity index (χ0v) is 16.8. The van der Waals surface area contributed by atoms with Crippen LogP contribution in [0.1, 0.15) is 30.2 Å². The topological polar surface area (TPSA) is 68.5 Å². The van der Waals surface area contributed by atoms with Crippen molar-refractivity contribution in [3.63, 3.8) is 0 Å². The third-order valence-corrected chi connectivity index (χ3v) is 5.56. The highest BCUT2D eigenvalue weighted by Gasteiger charge is 2.28. The van der Waals surface area contributed by atoms with Gasteiger partial charge < -0.3 is 14.2 Å². The molecule has 3 aromatic rings. The van der Waals surface area contributed by atoms with Crippen LogP contribution < -0.4 is 0 Å². The molecule has 1 amide bonds. The lowest BCUT2D eigenvalue weighted by Gasteiger charge is -2.29. The number of aromatic nitrogens is 2.